The third-order valence-corrected chi connectivity index (χ3v) is 8.63. The van der Waals surface area contributed by atoms with E-state index in [1.807, 2.05) is 31.2 Å². The predicted molar refractivity (Wildman–Crippen MR) is 164 cm³/mol. The smallest absolute Gasteiger partial charge is 0.226 e. The number of carbonyl (C=O) groups excluding carboxylic acids is 1. The Balaban J connectivity index is 0.976. The highest BCUT2D eigenvalue weighted by Gasteiger charge is 2.25. The van der Waals surface area contributed by atoms with Crippen LogP contribution in [0.2, 0.25) is 5.02 Å². The van der Waals surface area contributed by atoms with E-state index in [1.54, 1.807) is 0 Å². The molecule has 0 N–H and O–H groups in total. The molecule has 1 aromatic heterocycles. The van der Waals surface area contributed by atoms with E-state index in [9.17, 15) is 4.79 Å². The van der Waals surface area contributed by atoms with Gasteiger partial charge in [-0.15, -0.1) is 0 Å². The van der Waals surface area contributed by atoms with Crippen LogP contribution in [0.5, 0.6) is 0 Å². The lowest BCUT2D eigenvalue weighted by Crippen LogP contribution is -2.36. The van der Waals surface area contributed by atoms with Crippen molar-refractivity contribution >= 4 is 23.1 Å². The van der Waals surface area contributed by atoms with Gasteiger partial charge in [-0.1, -0.05) is 23.7 Å². The Labute approximate surface area is 249 Å². The predicted octanol–water partition coefficient (Wildman–Crippen LogP) is 6.22. The lowest BCUT2D eigenvalue weighted by Gasteiger charge is -2.30. The molecule has 8 heteroatoms. The van der Waals surface area contributed by atoms with Gasteiger partial charge < -0.3 is 19.0 Å². The first-order chi connectivity index (χ1) is 19.9. The molecule has 0 unspecified atom stereocenters. The molecule has 2 saturated heterocycles. The van der Waals surface area contributed by atoms with Gasteiger partial charge in [0.15, 0.2) is 0 Å². The number of likely N-dealkylation sites (tertiary alicyclic amines) is 1. The van der Waals surface area contributed by atoms with Crippen molar-refractivity contribution in [3.8, 4) is 11.5 Å². The molecule has 0 spiro atoms. The van der Waals surface area contributed by atoms with Crippen LogP contribution in [-0.2, 0) is 22.6 Å². The first-order valence-corrected chi connectivity index (χ1v) is 15.4. The Bertz CT molecular complexity index is 1250. The van der Waals surface area contributed by atoms with Crippen molar-refractivity contribution in [1.82, 2.24) is 14.8 Å². The summed E-state index contributed by atoms with van der Waals surface area (Å²) in [5.41, 5.74) is 4.50. The fourth-order valence-corrected chi connectivity index (χ4v) is 5.95. The van der Waals surface area contributed by atoms with Crippen molar-refractivity contribution < 1.29 is 13.9 Å². The summed E-state index contributed by atoms with van der Waals surface area (Å²) in [5, 5.41) is 0.698. The number of ketones is 1. The molecule has 2 aliphatic rings. The van der Waals surface area contributed by atoms with Crippen LogP contribution in [0.4, 0.5) is 5.69 Å². The maximum absolute atomic E-state index is 12.9. The quantitative estimate of drug-likeness (QED) is 0.236. The molecule has 0 aliphatic carbocycles. The summed E-state index contributed by atoms with van der Waals surface area (Å²) in [5.74, 6) is 2.11. The average Bonchev–Trinajstić information content (AvgIpc) is 3.36. The van der Waals surface area contributed by atoms with Crippen LogP contribution >= 0.6 is 11.6 Å². The van der Waals surface area contributed by atoms with Gasteiger partial charge in [0, 0.05) is 54.8 Å². The van der Waals surface area contributed by atoms with E-state index in [-0.39, 0.29) is 5.92 Å². The molecular formula is C33H43ClN4O3. The normalized spacial score (nSPS) is 16.9. The van der Waals surface area contributed by atoms with E-state index in [1.165, 1.54) is 11.3 Å². The van der Waals surface area contributed by atoms with Crippen LogP contribution in [0.25, 0.3) is 11.5 Å². The van der Waals surface area contributed by atoms with E-state index in [0.29, 0.717) is 23.1 Å². The Morgan fingerprint density at radius 1 is 1.00 bits per heavy atom. The van der Waals surface area contributed by atoms with Crippen LogP contribution in [0, 0.1) is 12.8 Å². The second kappa shape index (κ2) is 14.5. The summed E-state index contributed by atoms with van der Waals surface area (Å²) in [7, 11) is 2.17. The number of morpholine rings is 1. The second-order valence-corrected chi connectivity index (χ2v) is 11.9. The molecule has 2 aliphatic heterocycles. The first-order valence-electron chi connectivity index (χ1n) is 15.0. The molecule has 0 amide bonds. The van der Waals surface area contributed by atoms with Gasteiger partial charge in [0.05, 0.1) is 18.9 Å². The summed E-state index contributed by atoms with van der Waals surface area (Å²) in [6, 6.07) is 16.5. The zero-order chi connectivity index (χ0) is 28.6. The summed E-state index contributed by atoms with van der Waals surface area (Å²) in [4.78, 5) is 24.8. The summed E-state index contributed by atoms with van der Waals surface area (Å²) in [6.07, 6.45) is 4.57. The van der Waals surface area contributed by atoms with Gasteiger partial charge in [-0.2, -0.15) is 0 Å². The standard InChI is InChI=1S/C33H43ClN4O3/c1-25-31(35-33(41-25)28-8-10-29(34)11-9-28)24-37-17-14-27(15-18-37)32(39)5-3-4-16-36(2)23-26-6-12-30(13-7-26)38-19-21-40-22-20-38/h6-13,27H,3-5,14-24H2,1-2H3. The van der Waals surface area contributed by atoms with E-state index in [0.717, 1.165) is 102 Å². The number of Topliss-reactive ketones (excluding diaryl/α,β-unsaturated/α-hetero) is 1. The molecule has 3 aromatic rings. The number of piperidine rings is 1. The topological polar surface area (TPSA) is 62.1 Å². The molecule has 0 saturated carbocycles. The number of halogens is 1. The van der Waals surface area contributed by atoms with Gasteiger partial charge in [0.2, 0.25) is 5.89 Å². The minimum absolute atomic E-state index is 0.192. The van der Waals surface area contributed by atoms with Crippen LogP contribution in [0.3, 0.4) is 0 Å². The number of oxazole rings is 1. The Morgan fingerprint density at radius 3 is 2.41 bits per heavy atom. The van der Waals surface area contributed by atoms with Crippen molar-refractivity contribution in [2.45, 2.75) is 52.1 Å². The molecule has 7 nitrogen and oxygen atoms in total. The van der Waals surface area contributed by atoms with E-state index >= 15 is 0 Å². The Hall–Kier alpha value is -2.71. The van der Waals surface area contributed by atoms with Crippen molar-refractivity contribution in [2.75, 3.05) is 57.9 Å². The number of aryl methyl sites for hydroxylation is 1. The number of carbonyl (C=O) groups is 1. The van der Waals surface area contributed by atoms with Crippen LogP contribution < -0.4 is 4.90 Å². The number of benzene rings is 2. The van der Waals surface area contributed by atoms with Gasteiger partial charge >= 0.3 is 0 Å². The molecular weight excluding hydrogens is 536 g/mol. The molecule has 2 aromatic carbocycles. The van der Waals surface area contributed by atoms with E-state index in [2.05, 4.69) is 46.0 Å². The number of ether oxygens (including phenoxy) is 1. The summed E-state index contributed by atoms with van der Waals surface area (Å²) < 4.78 is 11.4. The lowest BCUT2D eigenvalue weighted by atomic mass is 9.90. The average molecular weight is 579 g/mol. The number of anilines is 1. The van der Waals surface area contributed by atoms with Crippen molar-refractivity contribution in [1.29, 1.82) is 0 Å². The van der Waals surface area contributed by atoms with Gasteiger partial charge in [-0.25, -0.2) is 4.98 Å². The number of hydrogen-bond acceptors (Lipinski definition) is 7. The zero-order valence-corrected chi connectivity index (χ0v) is 25.2. The molecule has 5 rings (SSSR count). The van der Waals surface area contributed by atoms with Gasteiger partial charge in [0.1, 0.15) is 11.5 Å². The lowest BCUT2D eigenvalue weighted by molar-refractivity contribution is -0.124. The molecule has 0 radical (unpaired) electrons. The monoisotopic (exact) mass is 578 g/mol. The highest BCUT2D eigenvalue weighted by molar-refractivity contribution is 6.30. The first kappa shape index (κ1) is 29.8. The molecule has 2 fully saturated rings. The fraction of sp³-hybridized carbons (Fsp3) is 0.515. The highest BCUT2D eigenvalue weighted by Crippen LogP contribution is 2.26. The third-order valence-electron chi connectivity index (χ3n) is 8.38. The van der Waals surface area contributed by atoms with Crippen molar-refractivity contribution in [2.24, 2.45) is 5.92 Å². The number of aromatic nitrogens is 1. The van der Waals surface area contributed by atoms with Crippen LogP contribution in [0.1, 0.15) is 49.1 Å². The summed E-state index contributed by atoms with van der Waals surface area (Å²) in [6.45, 7) is 10.1. The second-order valence-electron chi connectivity index (χ2n) is 11.5. The van der Waals surface area contributed by atoms with Gasteiger partial charge in [-0.3, -0.25) is 9.69 Å². The minimum Gasteiger partial charge on any atom is -0.441 e. The zero-order valence-electron chi connectivity index (χ0n) is 24.5. The van der Waals surface area contributed by atoms with Crippen molar-refractivity contribution in [3.63, 3.8) is 0 Å². The number of rotatable bonds is 12. The van der Waals surface area contributed by atoms with E-state index < -0.39 is 0 Å². The maximum atomic E-state index is 12.9. The van der Waals surface area contributed by atoms with Gasteiger partial charge in [0.25, 0.3) is 0 Å². The van der Waals surface area contributed by atoms with Crippen LogP contribution in [-0.4, -0.2) is 73.6 Å². The SMILES string of the molecule is Cc1oc(-c2ccc(Cl)cc2)nc1CN1CCC(C(=O)CCCCN(C)Cc2ccc(N3CCOCC3)cc2)CC1. The molecule has 0 bridgehead atoms. The molecule has 41 heavy (non-hydrogen) atoms. The third kappa shape index (κ3) is 8.41. The van der Waals surface area contributed by atoms with E-state index in [4.69, 9.17) is 25.7 Å². The number of unbranched alkanes of at least 4 members (excludes halogenated alkanes) is 1. The minimum atomic E-state index is 0.192. The largest absolute Gasteiger partial charge is 0.441 e. The summed E-state index contributed by atoms with van der Waals surface area (Å²) >= 11 is 6.01. The number of nitrogens with zero attached hydrogens (tertiary/aromatic N) is 4. The molecule has 3 heterocycles. The Morgan fingerprint density at radius 2 is 1.71 bits per heavy atom. The Kier molecular flexibility index (Phi) is 10.5. The molecule has 220 valence electrons. The van der Waals surface area contributed by atoms with Crippen LogP contribution in [0.15, 0.2) is 52.9 Å². The van der Waals surface area contributed by atoms with Gasteiger partial charge in [-0.05, 0) is 101 Å². The maximum Gasteiger partial charge on any atom is 0.226 e. The fourth-order valence-electron chi connectivity index (χ4n) is 5.83. The molecule has 0 atom stereocenters. The van der Waals surface area contributed by atoms with Crippen molar-refractivity contribution in [3.05, 3.63) is 70.6 Å². The number of hydrogen-bond donors (Lipinski definition) is 0. The highest BCUT2D eigenvalue weighted by atomic mass is 35.5.